The van der Waals surface area contributed by atoms with Gasteiger partial charge in [0.25, 0.3) is 0 Å². The number of nitrogens with zero attached hydrogens (tertiary/aromatic N) is 4. The van der Waals surface area contributed by atoms with E-state index in [1.54, 1.807) is 6.07 Å². The summed E-state index contributed by atoms with van der Waals surface area (Å²) in [6.45, 7) is 0. The van der Waals surface area contributed by atoms with Crippen LogP contribution in [0.1, 0.15) is 15.9 Å². The van der Waals surface area contributed by atoms with Crippen molar-refractivity contribution in [2.45, 2.75) is 0 Å². The molecule has 2 N–H and O–H groups in total. The lowest BCUT2D eigenvalue weighted by molar-refractivity contribution is 0.0696. The number of aromatic carboxylic acids is 1. The molecule has 2 heterocycles. The van der Waals surface area contributed by atoms with Gasteiger partial charge >= 0.3 is 5.97 Å². The maximum absolute atomic E-state index is 13.7. The van der Waals surface area contributed by atoms with Crippen LogP contribution in [-0.4, -0.2) is 30.9 Å². The van der Waals surface area contributed by atoms with Crippen LogP contribution in [-0.2, 0) is 0 Å². The van der Waals surface area contributed by atoms with Crippen LogP contribution in [0.4, 0.5) is 4.39 Å². The smallest absolute Gasteiger partial charge is 0.337 e. The summed E-state index contributed by atoms with van der Waals surface area (Å²) in [4.78, 5) is 14.7. The molecular weight excluding hydrogens is 315 g/mol. The highest BCUT2D eigenvalue weighted by Crippen LogP contribution is 2.31. The summed E-state index contributed by atoms with van der Waals surface area (Å²) >= 11 is 0. The third kappa shape index (κ3) is 2.55. The third-order valence-electron chi connectivity index (χ3n) is 3.36. The second-order valence-corrected chi connectivity index (χ2v) is 4.81. The molecule has 2 aromatic heterocycles. The molecule has 0 aliphatic rings. The molecule has 0 aliphatic carbocycles. The molecule has 3 aromatic rings. The highest BCUT2D eigenvalue weighted by molar-refractivity contribution is 5.87. The molecule has 1 aromatic carbocycles. The number of carboxylic acids is 1. The van der Waals surface area contributed by atoms with Gasteiger partial charge in [0.05, 0.1) is 22.9 Å². The van der Waals surface area contributed by atoms with Gasteiger partial charge in [-0.3, -0.25) is 0 Å². The lowest BCUT2D eigenvalue weighted by Crippen LogP contribution is -2.02. The minimum absolute atomic E-state index is 0.000201. The van der Waals surface area contributed by atoms with E-state index in [4.69, 9.17) is 10.4 Å². The number of benzene rings is 1. The lowest BCUT2D eigenvalue weighted by atomic mass is 10.1. The normalized spacial score (nSPS) is 10.3. The predicted octanol–water partition coefficient (Wildman–Crippen LogP) is 2.35. The molecule has 0 saturated carbocycles. The van der Waals surface area contributed by atoms with Crippen LogP contribution in [0.3, 0.4) is 0 Å². The maximum atomic E-state index is 13.7. The largest absolute Gasteiger partial charge is 0.493 e. The molecule has 0 radical (unpaired) electrons. The van der Waals surface area contributed by atoms with Crippen molar-refractivity contribution in [1.82, 2.24) is 14.8 Å². The first-order valence-electron chi connectivity index (χ1n) is 6.68. The first kappa shape index (κ1) is 15.2. The second-order valence-electron chi connectivity index (χ2n) is 4.81. The zero-order valence-electron chi connectivity index (χ0n) is 12.0. The van der Waals surface area contributed by atoms with Gasteiger partial charge in [-0.05, 0) is 29.8 Å². The number of aromatic hydroxyl groups is 1. The number of aromatic nitrogens is 3. The molecule has 0 amide bonds. The third-order valence-corrected chi connectivity index (χ3v) is 3.36. The van der Waals surface area contributed by atoms with Crippen LogP contribution in [0.2, 0.25) is 0 Å². The summed E-state index contributed by atoms with van der Waals surface area (Å²) < 4.78 is 14.8. The quantitative estimate of drug-likeness (QED) is 0.765. The fourth-order valence-electron chi connectivity index (χ4n) is 2.12. The number of carbonyl (C=O) groups is 1. The van der Waals surface area contributed by atoms with E-state index >= 15 is 0 Å². The fourth-order valence-corrected chi connectivity index (χ4v) is 2.12. The molecule has 118 valence electrons. The Morgan fingerprint density at radius 1 is 1.25 bits per heavy atom. The standard InChI is InChI=1S/C16H9FN4O3/c17-13-5-9(1-2-10(13)6-18)12-8-20-21(15(12)22)14-4-3-11(7-19-14)16(23)24/h1-5,7-8,22H,(H,23,24). The van der Waals surface area contributed by atoms with Crippen molar-refractivity contribution in [3.63, 3.8) is 0 Å². The van der Waals surface area contributed by atoms with Crippen molar-refractivity contribution in [1.29, 1.82) is 5.26 Å². The molecule has 0 saturated heterocycles. The SMILES string of the molecule is N#Cc1ccc(-c2cnn(-c3ccc(C(=O)O)cn3)c2O)cc1F. The molecule has 8 heteroatoms. The van der Waals surface area contributed by atoms with Crippen LogP contribution in [0.25, 0.3) is 16.9 Å². The molecule has 0 fully saturated rings. The number of carboxylic acid groups (broad SMARTS) is 1. The van der Waals surface area contributed by atoms with Crippen LogP contribution < -0.4 is 0 Å². The summed E-state index contributed by atoms with van der Waals surface area (Å²) in [5.74, 6) is -1.90. The summed E-state index contributed by atoms with van der Waals surface area (Å²) in [7, 11) is 0. The molecule has 0 unspecified atom stereocenters. The molecule has 7 nitrogen and oxygen atoms in total. The van der Waals surface area contributed by atoms with Gasteiger partial charge in [0, 0.05) is 6.20 Å². The van der Waals surface area contributed by atoms with E-state index in [9.17, 15) is 14.3 Å². The minimum Gasteiger partial charge on any atom is -0.493 e. The van der Waals surface area contributed by atoms with E-state index < -0.39 is 11.8 Å². The molecule has 0 atom stereocenters. The average Bonchev–Trinajstić information content (AvgIpc) is 2.96. The first-order chi connectivity index (χ1) is 11.5. The van der Waals surface area contributed by atoms with Gasteiger partial charge in [0.15, 0.2) is 5.82 Å². The summed E-state index contributed by atoms with van der Waals surface area (Å²) in [6.07, 6.45) is 2.46. The Hall–Kier alpha value is -3.73. The van der Waals surface area contributed by atoms with Crippen LogP contribution in [0.15, 0.2) is 42.7 Å². The van der Waals surface area contributed by atoms with Crippen molar-refractivity contribution in [3.05, 3.63) is 59.7 Å². The van der Waals surface area contributed by atoms with E-state index in [2.05, 4.69) is 10.1 Å². The number of rotatable bonds is 3. The predicted molar refractivity (Wildman–Crippen MR) is 80.1 cm³/mol. The van der Waals surface area contributed by atoms with Gasteiger partial charge in [0.2, 0.25) is 5.88 Å². The van der Waals surface area contributed by atoms with Crippen LogP contribution in [0.5, 0.6) is 5.88 Å². The Morgan fingerprint density at radius 2 is 2.04 bits per heavy atom. The summed E-state index contributed by atoms with van der Waals surface area (Å²) in [6, 6.07) is 8.35. The van der Waals surface area contributed by atoms with Gasteiger partial charge < -0.3 is 10.2 Å². The average molecular weight is 324 g/mol. The number of hydrogen-bond acceptors (Lipinski definition) is 5. The van der Waals surface area contributed by atoms with Crippen molar-refractivity contribution >= 4 is 5.97 Å². The zero-order valence-corrected chi connectivity index (χ0v) is 12.0. The monoisotopic (exact) mass is 324 g/mol. The Kier molecular flexibility index (Phi) is 3.67. The molecular formula is C16H9FN4O3. The van der Waals surface area contributed by atoms with E-state index in [-0.39, 0.29) is 28.4 Å². The number of nitriles is 1. The highest BCUT2D eigenvalue weighted by Gasteiger charge is 2.15. The van der Waals surface area contributed by atoms with E-state index in [0.29, 0.717) is 5.56 Å². The lowest BCUT2D eigenvalue weighted by Gasteiger charge is -2.04. The highest BCUT2D eigenvalue weighted by atomic mass is 19.1. The Bertz CT molecular complexity index is 974. The minimum atomic E-state index is -1.12. The van der Waals surface area contributed by atoms with Gasteiger partial charge in [0.1, 0.15) is 11.9 Å². The van der Waals surface area contributed by atoms with E-state index in [1.807, 2.05) is 0 Å². The number of pyridine rings is 1. The van der Waals surface area contributed by atoms with Crippen LogP contribution >= 0.6 is 0 Å². The van der Waals surface area contributed by atoms with Gasteiger partial charge in [-0.2, -0.15) is 15.0 Å². The molecule has 0 aliphatic heterocycles. The zero-order chi connectivity index (χ0) is 17.3. The molecule has 3 rings (SSSR count). The Balaban J connectivity index is 2.01. The van der Waals surface area contributed by atoms with Gasteiger partial charge in [-0.1, -0.05) is 6.07 Å². The Labute approximate surface area is 134 Å². The number of halogens is 1. The van der Waals surface area contributed by atoms with Gasteiger partial charge in [-0.15, -0.1) is 0 Å². The second kappa shape index (κ2) is 5.81. The summed E-state index contributed by atoms with van der Waals surface area (Å²) in [5, 5.41) is 31.9. The van der Waals surface area contributed by atoms with Crippen LogP contribution in [0, 0.1) is 17.1 Å². The van der Waals surface area contributed by atoms with Crippen molar-refractivity contribution < 1.29 is 19.4 Å². The van der Waals surface area contributed by atoms with E-state index in [0.717, 1.165) is 16.9 Å². The van der Waals surface area contributed by atoms with Crippen molar-refractivity contribution in [2.24, 2.45) is 0 Å². The van der Waals surface area contributed by atoms with Crippen molar-refractivity contribution in [3.8, 4) is 28.9 Å². The topological polar surface area (TPSA) is 112 Å². The Morgan fingerprint density at radius 3 is 2.62 bits per heavy atom. The molecule has 0 bridgehead atoms. The maximum Gasteiger partial charge on any atom is 0.337 e. The number of hydrogen-bond donors (Lipinski definition) is 2. The van der Waals surface area contributed by atoms with E-state index in [1.165, 1.54) is 30.5 Å². The molecule has 24 heavy (non-hydrogen) atoms. The molecule has 0 spiro atoms. The van der Waals surface area contributed by atoms with Crippen molar-refractivity contribution in [2.75, 3.05) is 0 Å². The summed E-state index contributed by atoms with van der Waals surface area (Å²) in [5.41, 5.74) is 0.497. The fraction of sp³-hybridized carbons (Fsp3) is 0. The van der Waals surface area contributed by atoms with Gasteiger partial charge in [-0.25, -0.2) is 14.2 Å². The first-order valence-corrected chi connectivity index (χ1v) is 6.68.